The fraction of sp³-hybridized carbons (Fsp3) is 0.417. The Morgan fingerprint density at radius 2 is 1.81 bits per heavy atom. The van der Waals surface area contributed by atoms with Crippen LogP contribution < -0.4 is 19.8 Å². The molecule has 0 spiro atoms. The molecule has 1 fully saturated rings. The van der Waals surface area contributed by atoms with Crippen molar-refractivity contribution in [1.29, 1.82) is 0 Å². The third kappa shape index (κ3) is 6.54. The molecule has 0 saturated carbocycles. The summed E-state index contributed by atoms with van der Waals surface area (Å²) in [6.07, 6.45) is 0.0890. The minimum absolute atomic E-state index is 0.0890. The highest BCUT2D eigenvalue weighted by Gasteiger charge is 2.17. The van der Waals surface area contributed by atoms with Gasteiger partial charge in [-0.15, -0.1) is 0 Å². The molecule has 0 bridgehead atoms. The predicted molar refractivity (Wildman–Crippen MR) is 120 cm³/mol. The topological polar surface area (TPSA) is 73.6 Å². The van der Waals surface area contributed by atoms with Crippen LogP contribution in [0.4, 0.5) is 0 Å². The largest absolute Gasteiger partial charge is 0.496 e. The molecule has 1 aliphatic heterocycles. The molecule has 0 aromatic heterocycles. The number of benzene rings is 2. The fourth-order valence-corrected chi connectivity index (χ4v) is 3.47. The van der Waals surface area contributed by atoms with Crippen LogP contribution in [0.3, 0.4) is 0 Å². The Bertz CT molecular complexity index is 904. The molecular weight excluding hydrogens is 394 g/mol. The molecule has 0 atom stereocenters. The smallest absolute Gasteiger partial charge is 0.271 e. The zero-order valence-electron chi connectivity index (χ0n) is 18.7. The summed E-state index contributed by atoms with van der Waals surface area (Å²) in [6, 6.07) is 13.0. The first-order valence-electron chi connectivity index (χ1n) is 10.7. The van der Waals surface area contributed by atoms with Crippen molar-refractivity contribution < 1.29 is 23.9 Å². The van der Waals surface area contributed by atoms with Crippen LogP contribution in [0, 0.1) is 0 Å². The molecule has 7 nitrogen and oxygen atoms in total. The van der Waals surface area contributed by atoms with Crippen LogP contribution >= 0.6 is 0 Å². The van der Waals surface area contributed by atoms with Gasteiger partial charge in [0.1, 0.15) is 31.1 Å². The second kappa shape index (κ2) is 10.9. The molecule has 1 aliphatic rings. The van der Waals surface area contributed by atoms with Gasteiger partial charge in [-0.25, -0.2) is 5.43 Å². The van der Waals surface area contributed by atoms with E-state index in [4.69, 9.17) is 14.2 Å². The van der Waals surface area contributed by atoms with E-state index in [-0.39, 0.29) is 12.0 Å². The normalized spacial score (nSPS) is 15.1. The van der Waals surface area contributed by atoms with E-state index >= 15 is 0 Å². The number of nitrogens with zero attached hydrogens (tertiary/aromatic N) is 1. The fourth-order valence-electron chi connectivity index (χ4n) is 3.47. The third-order valence-corrected chi connectivity index (χ3v) is 5.15. The van der Waals surface area contributed by atoms with Crippen LogP contribution in [0.2, 0.25) is 0 Å². The molecule has 1 heterocycles. The van der Waals surface area contributed by atoms with E-state index in [1.165, 1.54) is 4.90 Å². The summed E-state index contributed by atoms with van der Waals surface area (Å²) in [4.78, 5) is 13.9. The van der Waals surface area contributed by atoms with Crippen molar-refractivity contribution in [3.05, 3.63) is 59.2 Å². The van der Waals surface area contributed by atoms with E-state index in [0.717, 1.165) is 61.2 Å². The number of hydrogen-bond acceptors (Lipinski definition) is 5. The van der Waals surface area contributed by atoms with Crippen LogP contribution in [-0.2, 0) is 11.3 Å². The first kappa shape index (κ1) is 22.8. The van der Waals surface area contributed by atoms with Gasteiger partial charge < -0.3 is 19.1 Å². The molecule has 7 heteroatoms. The molecule has 2 aromatic rings. The highest BCUT2D eigenvalue weighted by atomic mass is 16.5. The lowest BCUT2D eigenvalue weighted by molar-refractivity contribution is -0.921. The minimum atomic E-state index is -0.262. The third-order valence-electron chi connectivity index (χ3n) is 5.15. The molecule has 3 rings (SSSR count). The van der Waals surface area contributed by atoms with Gasteiger partial charge in [-0.05, 0) is 68.8 Å². The first-order chi connectivity index (χ1) is 15.0. The summed E-state index contributed by atoms with van der Waals surface area (Å²) >= 11 is 0. The molecule has 2 aromatic carbocycles. The van der Waals surface area contributed by atoms with E-state index in [1.54, 1.807) is 31.4 Å². The minimum Gasteiger partial charge on any atom is -0.496 e. The maximum absolute atomic E-state index is 12.4. The van der Waals surface area contributed by atoms with Gasteiger partial charge in [-0.3, -0.25) is 4.79 Å². The number of hydrogen-bond donors (Lipinski definition) is 2. The Morgan fingerprint density at radius 3 is 2.45 bits per heavy atom. The number of carbonyl (C=O) groups is 1. The summed E-state index contributed by atoms with van der Waals surface area (Å²) in [5.41, 5.74) is 5.97. The van der Waals surface area contributed by atoms with Crippen molar-refractivity contribution in [1.82, 2.24) is 5.43 Å². The molecule has 0 unspecified atom stereocenters. The number of quaternary nitrogens is 1. The maximum atomic E-state index is 12.4. The Kier molecular flexibility index (Phi) is 8.03. The lowest BCUT2D eigenvalue weighted by Crippen LogP contribution is -3.12. The Balaban J connectivity index is 1.67. The van der Waals surface area contributed by atoms with Crippen LogP contribution in [-0.4, -0.2) is 51.1 Å². The first-order valence-corrected chi connectivity index (χ1v) is 10.7. The van der Waals surface area contributed by atoms with E-state index in [1.807, 2.05) is 32.9 Å². The highest BCUT2D eigenvalue weighted by molar-refractivity contribution is 6.01. The molecule has 0 aliphatic carbocycles. The molecule has 1 amide bonds. The summed E-state index contributed by atoms with van der Waals surface area (Å²) < 4.78 is 16.6. The van der Waals surface area contributed by atoms with Gasteiger partial charge in [-0.1, -0.05) is 0 Å². The monoisotopic (exact) mass is 426 g/mol. The summed E-state index contributed by atoms with van der Waals surface area (Å²) in [7, 11) is 1.69. The number of ether oxygens (including phenoxy) is 3. The molecular formula is C24H32N3O4+. The lowest BCUT2D eigenvalue weighted by atomic mass is 10.1. The van der Waals surface area contributed by atoms with Gasteiger partial charge in [0.15, 0.2) is 0 Å². The number of hydrazone groups is 1. The maximum Gasteiger partial charge on any atom is 0.271 e. The van der Waals surface area contributed by atoms with Crippen molar-refractivity contribution in [2.45, 2.75) is 33.4 Å². The molecule has 1 saturated heterocycles. The van der Waals surface area contributed by atoms with Crippen molar-refractivity contribution >= 4 is 11.6 Å². The number of carbonyl (C=O) groups excluding carboxylic acids is 1. The van der Waals surface area contributed by atoms with E-state index in [2.05, 4.69) is 16.6 Å². The van der Waals surface area contributed by atoms with Gasteiger partial charge in [0, 0.05) is 11.1 Å². The SMILES string of the molecule is COc1ccc(/C(C)=N\NC(=O)c2ccc(OC(C)C)cc2)cc1C[NH+]1CCOCC1. The number of morpholine rings is 1. The zero-order valence-corrected chi connectivity index (χ0v) is 18.7. The number of amides is 1. The summed E-state index contributed by atoms with van der Waals surface area (Å²) in [6.45, 7) is 10.2. The van der Waals surface area contributed by atoms with E-state index in [0.29, 0.717) is 5.56 Å². The summed E-state index contributed by atoms with van der Waals surface area (Å²) in [5.74, 6) is 1.34. The van der Waals surface area contributed by atoms with E-state index < -0.39 is 0 Å². The quantitative estimate of drug-likeness (QED) is 0.501. The highest BCUT2D eigenvalue weighted by Crippen LogP contribution is 2.20. The molecule has 0 radical (unpaired) electrons. The molecule has 166 valence electrons. The van der Waals surface area contributed by atoms with Crippen LogP contribution in [0.15, 0.2) is 47.6 Å². The number of rotatable bonds is 8. The van der Waals surface area contributed by atoms with Crippen LogP contribution in [0.1, 0.15) is 42.3 Å². The van der Waals surface area contributed by atoms with Crippen molar-refractivity contribution in [2.24, 2.45) is 5.10 Å². The van der Waals surface area contributed by atoms with Crippen molar-refractivity contribution in [3.63, 3.8) is 0 Å². The van der Waals surface area contributed by atoms with Gasteiger partial charge in [0.05, 0.1) is 32.1 Å². The van der Waals surface area contributed by atoms with Crippen molar-refractivity contribution in [2.75, 3.05) is 33.4 Å². The van der Waals surface area contributed by atoms with Crippen LogP contribution in [0.5, 0.6) is 11.5 Å². The lowest BCUT2D eigenvalue weighted by Gasteiger charge is -2.24. The Hall–Kier alpha value is -2.90. The summed E-state index contributed by atoms with van der Waals surface area (Å²) in [5, 5.41) is 4.30. The molecule has 2 N–H and O–H groups in total. The Morgan fingerprint density at radius 1 is 1.13 bits per heavy atom. The number of nitrogens with one attached hydrogen (secondary N) is 2. The van der Waals surface area contributed by atoms with Crippen LogP contribution in [0.25, 0.3) is 0 Å². The standard InChI is InChI=1S/C24H31N3O4/c1-17(2)31-22-8-5-19(6-9-22)24(28)26-25-18(3)20-7-10-23(29-4)21(15-20)16-27-11-13-30-14-12-27/h5-10,15,17H,11-14,16H2,1-4H3,(H,26,28)/p+1/b25-18-. The Labute approximate surface area is 184 Å². The molecule has 31 heavy (non-hydrogen) atoms. The average Bonchev–Trinajstić information content (AvgIpc) is 2.78. The van der Waals surface area contributed by atoms with E-state index in [9.17, 15) is 4.79 Å². The number of methoxy groups -OCH3 is 1. The second-order valence-corrected chi connectivity index (χ2v) is 7.89. The predicted octanol–water partition coefficient (Wildman–Crippen LogP) is 2.05. The second-order valence-electron chi connectivity index (χ2n) is 7.89. The van der Waals surface area contributed by atoms with Gasteiger partial charge in [0.25, 0.3) is 5.91 Å². The van der Waals surface area contributed by atoms with Crippen molar-refractivity contribution in [3.8, 4) is 11.5 Å². The zero-order chi connectivity index (χ0) is 22.2. The average molecular weight is 427 g/mol. The van der Waals surface area contributed by atoms with Gasteiger partial charge >= 0.3 is 0 Å². The van der Waals surface area contributed by atoms with Gasteiger partial charge in [0.2, 0.25) is 0 Å². The van der Waals surface area contributed by atoms with Gasteiger partial charge in [-0.2, -0.15) is 5.10 Å².